The lowest BCUT2D eigenvalue weighted by Gasteiger charge is -2.35. The second-order valence-electron chi connectivity index (χ2n) is 5.33. The average Bonchev–Trinajstić information content (AvgIpc) is 2.52. The molecule has 1 saturated heterocycles. The number of halogens is 1. The molecule has 0 radical (unpaired) electrons. The van der Waals surface area contributed by atoms with Crippen molar-refractivity contribution in [3.63, 3.8) is 0 Å². The SMILES string of the molecule is C[C@H]1CNCCN1c1ccc(Nc2cc(Cl)c[nH]c2=O)nc1. The topological polar surface area (TPSA) is 73.0 Å². The maximum absolute atomic E-state index is 11.7. The fraction of sp³-hybridized carbons (Fsp3) is 0.333. The van der Waals surface area contributed by atoms with Crippen molar-refractivity contribution in [3.8, 4) is 0 Å². The van der Waals surface area contributed by atoms with Crippen LogP contribution in [0, 0.1) is 0 Å². The van der Waals surface area contributed by atoms with Gasteiger partial charge in [-0.1, -0.05) is 11.6 Å². The molecular weight excluding hydrogens is 302 g/mol. The molecule has 1 atom stereocenters. The highest BCUT2D eigenvalue weighted by Crippen LogP contribution is 2.20. The van der Waals surface area contributed by atoms with Gasteiger partial charge in [-0.2, -0.15) is 0 Å². The van der Waals surface area contributed by atoms with Crippen molar-refractivity contribution in [1.82, 2.24) is 15.3 Å². The zero-order chi connectivity index (χ0) is 15.5. The molecule has 0 spiro atoms. The van der Waals surface area contributed by atoms with Gasteiger partial charge in [-0.25, -0.2) is 4.98 Å². The third-order valence-electron chi connectivity index (χ3n) is 3.71. The van der Waals surface area contributed by atoms with Crippen molar-refractivity contribution in [2.45, 2.75) is 13.0 Å². The summed E-state index contributed by atoms with van der Waals surface area (Å²) in [6.07, 6.45) is 3.28. The third-order valence-corrected chi connectivity index (χ3v) is 3.93. The number of hydrogen-bond donors (Lipinski definition) is 3. The molecule has 2 aromatic heterocycles. The molecule has 1 aliphatic heterocycles. The Kier molecular flexibility index (Phi) is 4.31. The molecule has 3 heterocycles. The minimum atomic E-state index is -0.231. The van der Waals surface area contributed by atoms with E-state index in [9.17, 15) is 4.79 Å². The number of rotatable bonds is 3. The summed E-state index contributed by atoms with van der Waals surface area (Å²) < 4.78 is 0. The van der Waals surface area contributed by atoms with Crippen LogP contribution < -0.4 is 21.1 Å². The quantitative estimate of drug-likeness (QED) is 0.806. The smallest absolute Gasteiger partial charge is 0.271 e. The molecule has 2 aromatic rings. The van der Waals surface area contributed by atoms with E-state index in [1.165, 1.54) is 6.20 Å². The zero-order valence-electron chi connectivity index (χ0n) is 12.3. The van der Waals surface area contributed by atoms with E-state index in [0.29, 0.717) is 22.6 Å². The van der Waals surface area contributed by atoms with Gasteiger partial charge in [0.25, 0.3) is 5.56 Å². The molecule has 3 rings (SSSR count). The van der Waals surface area contributed by atoms with Gasteiger partial charge >= 0.3 is 0 Å². The Morgan fingerprint density at radius 2 is 2.32 bits per heavy atom. The summed E-state index contributed by atoms with van der Waals surface area (Å²) in [4.78, 5) is 21.0. The van der Waals surface area contributed by atoms with Gasteiger partial charge in [0.15, 0.2) is 0 Å². The molecule has 22 heavy (non-hydrogen) atoms. The van der Waals surface area contributed by atoms with Gasteiger partial charge in [0.1, 0.15) is 11.5 Å². The molecule has 7 heteroatoms. The summed E-state index contributed by atoms with van der Waals surface area (Å²) in [6.45, 7) is 5.09. The number of nitrogens with one attached hydrogen (secondary N) is 3. The Morgan fingerprint density at radius 1 is 1.45 bits per heavy atom. The first-order valence-corrected chi connectivity index (χ1v) is 7.60. The van der Waals surface area contributed by atoms with E-state index in [1.807, 2.05) is 18.3 Å². The molecule has 1 fully saturated rings. The van der Waals surface area contributed by atoms with Crippen molar-refractivity contribution in [1.29, 1.82) is 0 Å². The molecule has 6 nitrogen and oxygen atoms in total. The van der Waals surface area contributed by atoms with Crippen LogP contribution in [0.3, 0.4) is 0 Å². The van der Waals surface area contributed by atoms with Crippen molar-refractivity contribution >= 4 is 28.8 Å². The second kappa shape index (κ2) is 6.37. The maximum Gasteiger partial charge on any atom is 0.271 e. The fourth-order valence-electron chi connectivity index (χ4n) is 2.54. The van der Waals surface area contributed by atoms with Gasteiger partial charge < -0.3 is 20.5 Å². The Balaban J connectivity index is 1.76. The van der Waals surface area contributed by atoms with Crippen LogP contribution in [0.15, 0.2) is 35.4 Å². The molecule has 0 saturated carbocycles. The van der Waals surface area contributed by atoms with Gasteiger partial charge in [-0.15, -0.1) is 0 Å². The number of aromatic amines is 1. The Bertz CT molecular complexity index is 700. The minimum absolute atomic E-state index is 0.231. The first-order valence-electron chi connectivity index (χ1n) is 7.22. The van der Waals surface area contributed by atoms with Crippen LogP contribution in [0.5, 0.6) is 0 Å². The second-order valence-corrected chi connectivity index (χ2v) is 5.77. The molecule has 0 aromatic carbocycles. The highest BCUT2D eigenvalue weighted by molar-refractivity contribution is 6.30. The van der Waals surface area contributed by atoms with E-state index in [1.54, 1.807) is 6.07 Å². The van der Waals surface area contributed by atoms with Crippen LogP contribution in [0.2, 0.25) is 5.02 Å². The van der Waals surface area contributed by atoms with Gasteiger partial charge in [0.2, 0.25) is 0 Å². The molecular formula is C15H18ClN5O. The van der Waals surface area contributed by atoms with Gasteiger partial charge in [-0.05, 0) is 25.1 Å². The molecule has 0 aliphatic carbocycles. The Hall–Kier alpha value is -2.05. The van der Waals surface area contributed by atoms with Crippen LogP contribution in [-0.4, -0.2) is 35.6 Å². The van der Waals surface area contributed by atoms with Gasteiger partial charge in [0, 0.05) is 31.9 Å². The molecule has 3 N–H and O–H groups in total. The lowest BCUT2D eigenvalue weighted by Crippen LogP contribution is -2.49. The minimum Gasteiger partial charge on any atom is -0.365 e. The number of piperazine rings is 1. The Morgan fingerprint density at radius 3 is 3.05 bits per heavy atom. The normalized spacial score (nSPS) is 18.3. The van der Waals surface area contributed by atoms with E-state index in [-0.39, 0.29) is 5.56 Å². The van der Waals surface area contributed by atoms with Gasteiger partial charge in [0.05, 0.1) is 16.9 Å². The van der Waals surface area contributed by atoms with E-state index >= 15 is 0 Å². The number of pyridine rings is 2. The van der Waals surface area contributed by atoms with Crippen LogP contribution in [0.25, 0.3) is 0 Å². The van der Waals surface area contributed by atoms with Crippen LogP contribution in [0.1, 0.15) is 6.92 Å². The lowest BCUT2D eigenvalue weighted by molar-refractivity contribution is 0.500. The highest BCUT2D eigenvalue weighted by atomic mass is 35.5. The summed E-state index contributed by atoms with van der Waals surface area (Å²) in [7, 11) is 0. The van der Waals surface area contributed by atoms with E-state index in [2.05, 4.69) is 32.4 Å². The average molecular weight is 320 g/mol. The lowest BCUT2D eigenvalue weighted by atomic mass is 10.2. The molecule has 0 amide bonds. The van der Waals surface area contributed by atoms with E-state index < -0.39 is 0 Å². The van der Waals surface area contributed by atoms with Gasteiger partial charge in [-0.3, -0.25) is 4.79 Å². The summed E-state index contributed by atoms with van der Waals surface area (Å²) >= 11 is 5.88. The van der Waals surface area contributed by atoms with Crippen molar-refractivity contribution in [2.24, 2.45) is 0 Å². The van der Waals surface area contributed by atoms with Crippen LogP contribution >= 0.6 is 11.6 Å². The molecule has 0 bridgehead atoms. The third kappa shape index (κ3) is 3.23. The molecule has 116 valence electrons. The number of hydrogen-bond acceptors (Lipinski definition) is 5. The molecule has 1 aliphatic rings. The fourth-order valence-corrected chi connectivity index (χ4v) is 2.71. The van der Waals surface area contributed by atoms with Crippen molar-refractivity contribution in [2.75, 3.05) is 29.9 Å². The molecule has 0 unspecified atom stereocenters. The van der Waals surface area contributed by atoms with Crippen molar-refractivity contribution < 1.29 is 0 Å². The first-order chi connectivity index (χ1) is 10.6. The maximum atomic E-state index is 11.7. The van der Waals surface area contributed by atoms with Crippen molar-refractivity contribution in [3.05, 3.63) is 46.0 Å². The predicted molar refractivity (Wildman–Crippen MR) is 89.3 cm³/mol. The number of aromatic nitrogens is 2. The number of anilines is 3. The zero-order valence-corrected chi connectivity index (χ0v) is 13.0. The summed E-state index contributed by atoms with van der Waals surface area (Å²) in [6, 6.07) is 5.89. The first kappa shape index (κ1) is 14.9. The Labute approximate surface area is 133 Å². The number of H-pyrrole nitrogens is 1. The number of nitrogens with zero attached hydrogens (tertiary/aromatic N) is 2. The largest absolute Gasteiger partial charge is 0.365 e. The monoisotopic (exact) mass is 319 g/mol. The predicted octanol–water partition coefficient (Wildman–Crippen LogP) is 1.96. The standard InChI is InChI=1S/C15H18ClN5O/c1-10-7-17-4-5-21(10)12-2-3-14(18-9-12)20-13-6-11(16)8-19-15(13)22/h2-3,6,8-10,17H,4-5,7H2,1H3,(H,18,20)(H,19,22)/t10-/m0/s1. The van der Waals surface area contributed by atoms with Crippen LogP contribution in [0.4, 0.5) is 17.2 Å². The highest BCUT2D eigenvalue weighted by Gasteiger charge is 2.18. The summed E-state index contributed by atoms with van der Waals surface area (Å²) in [5.41, 5.74) is 1.23. The van der Waals surface area contributed by atoms with E-state index in [0.717, 1.165) is 25.3 Å². The van der Waals surface area contributed by atoms with Crippen LogP contribution in [-0.2, 0) is 0 Å². The van der Waals surface area contributed by atoms with E-state index in [4.69, 9.17) is 11.6 Å². The summed E-state index contributed by atoms with van der Waals surface area (Å²) in [5.74, 6) is 0.610. The summed E-state index contributed by atoms with van der Waals surface area (Å²) in [5, 5.41) is 6.81.